The largest absolute Gasteiger partial charge is 0.322 e. The molecule has 1 amide bonds. The summed E-state index contributed by atoms with van der Waals surface area (Å²) in [5.74, 6) is -0.370. The second-order valence-electron chi connectivity index (χ2n) is 7.35. The zero-order valence-electron chi connectivity index (χ0n) is 17.2. The Morgan fingerprint density at radius 2 is 1.52 bits per heavy atom. The average Bonchev–Trinajstić information content (AvgIpc) is 2.79. The third-order valence-electron chi connectivity index (χ3n) is 5.16. The molecule has 0 bridgehead atoms. The van der Waals surface area contributed by atoms with Crippen molar-refractivity contribution in [1.29, 1.82) is 0 Å². The van der Waals surface area contributed by atoms with Crippen LogP contribution >= 0.6 is 0 Å². The number of nitrogens with zero attached hydrogens (tertiary/aromatic N) is 1. The second kappa shape index (κ2) is 8.24. The van der Waals surface area contributed by atoms with Gasteiger partial charge in [0.25, 0.3) is 15.9 Å². The minimum absolute atomic E-state index is 0.0572. The quantitative estimate of drug-likeness (QED) is 0.472. The number of hydrogen-bond donors (Lipinski definition) is 1. The lowest BCUT2D eigenvalue weighted by Gasteiger charge is -2.20. The van der Waals surface area contributed by atoms with E-state index >= 15 is 0 Å². The van der Waals surface area contributed by atoms with E-state index in [2.05, 4.69) is 5.32 Å². The fraction of sp³-hybridized carbons (Fsp3) is 0.0800. The number of nitrogens with one attached hydrogen (secondary N) is 1. The van der Waals surface area contributed by atoms with Crippen LogP contribution in [0.15, 0.2) is 95.9 Å². The van der Waals surface area contributed by atoms with Crippen LogP contribution < -0.4 is 9.62 Å². The van der Waals surface area contributed by atoms with Crippen LogP contribution in [0, 0.1) is 6.92 Å². The van der Waals surface area contributed by atoms with Crippen LogP contribution in [0.3, 0.4) is 0 Å². The first-order valence-corrected chi connectivity index (χ1v) is 11.2. The van der Waals surface area contributed by atoms with Crippen molar-refractivity contribution in [3.8, 4) is 0 Å². The van der Waals surface area contributed by atoms with Crippen molar-refractivity contribution in [3.05, 3.63) is 102 Å². The highest BCUT2D eigenvalue weighted by molar-refractivity contribution is 7.92. The Hall–Kier alpha value is -3.64. The lowest BCUT2D eigenvalue weighted by Crippen LogP contribution is -2.26. The van der Waals surface area contributed by atoms with Gasteiger partial charge in [-0.1, -0.05) is 54.1 Å². The van der Waals surface area contributed by atoms with E-state index < -0.39 is 10.0 Å². The maximum atomic E-state index is 13.1. The molecule has 156 valence electrons. The van der Waals surface area contributed by atoms with Crippen molar-refractivity contribution in [1.82, 2.24) is 0 Å². The Labute approximate surface area is 182 Å². The molecule has 6 heteroatoms. The monoisotopic (exact) mass is 430 g/mol. The summed E-state index contributed by atoms with van der Waals surface area (Å²) in [6, 6.07) is 26.8. The van der Waals surface area contributed by atoms with Crippen LogP contribution in [-0.4, -0.2) is 21.4 Å². The minimum atomic E-state index is -3.81. The molecule has 0 saturated heterocycles. The van der Waals surface area contributed by atoms with Gasteiger partial charge < -0.3 is 5.32 Å². The molecular weight excluding hydrogens is 408 g/mol. The van der Waals surface area contributed by atoms with E-state index in [1.54, 1.807) is 24.3 Å². The molecule has 0 aliphatic rings. The van der Waals surface area contributed by atoms with E-state index in [0.717, 1.165) is 16.3 Å². The minimum Gasteiger partial charge on any atom is -0.322 e. The second-order valence-corrected chi connectivity index (χ2v) is 9.32. The van der Waals surface area contributed by atoms with Gasteiger partial charge in [0, 0.05) is 18.3 Å². The molecule has 4 aromatic carbocycles. The maximum Gasteiger partial charge on any atom is 0.264 e. The molecule has 1 N–H and O–H groups in total. The molecule has 0 fully saturated rings. The summed E-state index contributed by atoms with van der Waals surface area (Å²) >= 11 is 0. The molecule has 0 aliphatic carbocycles. The smallest absolute Gasteiger partial charge is 0.264 e. The summed E-state index contributed by atoms with van der Waals surface area (Å²) in [6.07, 6.45) is 0. The first-order valence-electron chi connectivity index (χ1n) is 9.80. The number of aryl methyl sites for hydroxylation is 1. The lowest BCUT2D eigenvalue weighted by molar-refractivity contribution is 0.102. The van der Waals surface area contributed by atoms with E-state index in [0.29, 0.717) is 11.4 Å². The number of rotatable bonds is 5. The number of sulfonamides is 1. The maximum absolute atomic E-state index is 13.1. The normalized spacial score (nSPS) is 11.3. The highest BCUT2D eigenvalue weighted by Gasteiger charge is 2.22. The molecule has 31 heavy (non-hydrogen) atoms. The SMILES string of the molecule is Cc1ccc(N(C)S(=O)(=O)c2cccc(C(=O)Nc3ccc4ccccc4c3)c2)cc1. The Balaban J connectivity index is 1.59. The molecule has 0 heterocycles. The van der Waals surface area contributed by atoms with E-state index in [-0.39, 0.29) is 16.4 Å². The van der Waals surface area contributed by atoms with Gasteiger partial charge in [-0.25, -0.2) is 8.42 Å². The van der Waals surface area contributed by atoms with Crippen LogP contribution in [0.25, 0.3) is 10.8 Å². The van der Waals surface area contributed by atoms with Crippen molar-refractivity contribution in [3.63, 3.8) is 0 Å². The number of fused-ring (bicyclic) bond motifs is 1. The topological polar surface area (TPSA) is 66.5 Å². The summed E-state index contributed by atoms with van der Waals surface area (Å²) in [4.78, 5) is 12.8. The van der Waals surface area contributed by atoms with Gasteiger partial charge in [-0.2, -0.15) is 0 Å². The fourth-order valence-corrected chi connectivity index (χ4v) is 4.56. The number of hydrogen-bond acceptors (Lipinski definition) is 3. The van der Waals surface area contributed by atoms with Gasteiger partial charge in [0.2, 0.25) is 0 Å². The number of benzene rings is 4. The van der Waals surface area contributed by atoms with E-state index in [1.807, 2.05) is 61.5 Å². The van der Waals surface area contributed by atoms with Crippen molar-refractivity contribution < 1.29 is 13.2 Å². The van der Waals surface area contributed by atoms with Crippen molar-refractivity contribution >= 4 is 38.1 Å². The van der Waals surface area contributed by atoms with Gasteiger partial charge in [-0.3, -0.25) is 9.10 Å². The zero-order chi connectivity index (χ0) is 22.0. The summed E-state index contributed by atoms with van der Waals surface area (Å²) in [5.41, 5.74) is 2.51. The first kappa shape index (κ1) is 20.6. The number of carbonyl (C=O) groups excluding carboxylic acids is 1. The Bertz CT molecular complexity index is 1360. The van der Waals surface area contributed by atoms with Crippen LogP contribution in [0.1, 0.15) is 15.9 Å². The fourth-order valence-electron chi connectivity index (χ4n) is 3.32. The van der Waals surface area contributed by atoms with Crippen LogP contribution in [0.2, 0.25) is 0 Å². The number of anilines is 2. The van der Waals surface area contributed by atoms with Gasteiger partial charge in [-0.05, 0) is 60.2 Å². The number of amides is 1. The molecule has 0 saturated carbocycles. The summed E-state index contributed by atoms with van der Waals surface area (Å²) in [7, 11) is -2.31. The first-order chi connectivity index (χ1) is 14.8. The van der Waals surface area contributed by atoms with E-state index in [1.165, 1.54) is 23.5 Å². The molecule has 0 aromatic heterocycles. The molecule has 0 radical (unpaired) electrons. The Morgan fingerprint density at radius 1 is 0.806 bits per heavy atom. The number of carbonyl (C=O) groups is 1. The van der Waals surface area contributed by atoms with Gasteiger partial charge in [0.15, 0.2) is 0 Å². The average molecular weight is 431 g/mol. The van der Waals surface area contributed by atoms with Crippen LogP contribution in [0.5, 0.6) is 0 Å². The van der Waals surface area contributed by atoms with Crippen molar-refractivity contribution in [2.75, 3.05) is 16.7 Å². The van der Waals surface area contributed by atoms with Crippen molar-refractivity contribution in [2.45, 2.75) is 11.8 Å². The van der Waals surface area contributed by atoms with E-state index in [9.17, 15) is 13.2 Å². The molecule has 4 aromatic rings. The van der Waals surface area contributed by atoms with Gasteiger partial charge in [-0.15, -0.1) is 0 Å². The highest BCUT2D eigenvalue weighted by atomic mass is 32.2. The standard InChI is InChI=1S/C25H22N2O3S/c1-18-10-14-23(15-11-18)27(2)31(29,30)24-9-5-8-21(17-24)25(28)26-22-13-12-19-6-3-4-7-20(19)16-22/h3-17H,1-2H3,(H,26,28). The highest BCUT2D eigenvalue weighted by Crippen LogP contribution is 2.24. The molecule has 0 atom stereocenters. The van der Waals surface area contributed by atoms with E-state index in [4.69, 9.17) is 0 Å². The van der Waals surface area contributed by atoms with Crippen molar-refractivity contribution in [2.24, 2.45) is 0 Å². The Morgan fingerprint density at radius 3 is 2.26 bits per heavy atom. The summed E-state index contributed by atoms with van der Waals surface area (Å²) in [6.45, 7) is 1.94. The molecule has 0 spiro atoms. The lowest BCUT2D eigenvalue weighted by atomic mass is 10.1. The van der Waals surface area contributed by atoms with Gasteiger partial charge in [0.05, 0.1) is 10.6 Å². The molecule has 0 aliphatic heterocycles. The predicted octanol–water partition coefficient (Wildman–Crippen LogP) is 5.23. The summed E-state index contributed by atoms with van der Waals surface area (Å²) in [5, 5.41) is 4.94. The van der Waals surface area contributed by atoms with Gasteiger partial charge >= 0.3 is 0 Å². The Kier molecular flexibility index (Phi) is 5.48. The third kappa shape index (κ3) is 4.29. The van der Waals surface area contributed by atoms with Crippen LogP contribution in [-0.2, 0) is 10.0 Å². The molecular formula is C25H22N2O3S. The van der Waals surface area contributed by atoms with Gasteiger partial charge in [0.1, 0.15) is 0 Å². The molecule has 4 rings (SSSR count). The molecule has 5 nitrogen and oxygen atoms in total. The zero-order valence-corrected chi connectivity index (χ0v) is 18.1. The van der Waals surface area contributed by atoms with Crippen LogP contribution in [0.4, 0.5) is 11.4 Å². The third-order valence-corrected chi connectivity index (χ3v) is 6.94. The molecule has 0 unspecified atom stereocenters. The summed E-state index contributed by atoms with van der Waals surface area (Å²) < 4.78 is 27.4. The predicted molar refractivity (Wildman–Crippen MR) is 125 cm³/mol.